The molecule has 0 bridgehead atoms. The lowest BCUT2D eigenvalue weighted by Gasteiger charge is -2.13. The molecule has 0 saturated heterocycles. The van der Waals surface area contributed by atoms with E-state index in [9.17, 15) is 0 Å². The molecule has 0 fully saturated rings. The highest BCUT2D eigenvalue weighted by atomic mass is 15.2. The van der Waals surface area contributed by atoms with Crippen molar-refractivity contribution in [2.75, 3.05) is 6.54 Å². The summed E-state index contributed by atoms with van der Waals surface area (Å²) < 4.78 is 1.95. The summed E-state index contributed by atoms with van der Waals surface area (Å²) in [6, 6.07) is 0. The molecule has 4 heteroatoms. The Hall–Kier alpha value is -0.765. The molecule has 1 N–H and O–H groups in total. The van der Waals surface area contributed by atoms with E-state index in [1.54, 1.807) is 0 Å². The molecule has 52 valence electrons. The van der Waals surface area contributed by atoms with E-state index in [1.165, 1.54) is 11.3 Å². The van der Waals surface area contributed by atoms with Crippen molar-refractivity contribution in [3.05, 3.63) is 17.5 Å². The van der Waals surface area contributed by atoms with Crippen molar-refractivity contribution < 1.29 is 0 Å². The van der Waals surface area contributed by atoms with E-state index in [-0.39, 0.29) is 0 Å². The van der Waals surface area contributed by atoms with Gasteiger partial charge in [0.15, 0.2) is 0 Å². The summed E-state index contributed by atoms with van der Waals surface area (Å²) in [5, 5.41) is 7.48. The first kappa shape index (κ1) is 5.98. The summed E-state index contributed by atoms with van der Waals surface area (Å²) in [5.74, 6) is 0. The topological polar surface area (TPSA) is 29.9 Å². The first-order valence-corrected chi connectivity index (χ1v) is 3.58. The van der Waals surface area contributed by atoms with Crippen LogP contribution in [0.15, 0.2) is 6.20 Å². The van der Waals surface area contributed by atoms with Crippen molar-refractivity contribution in [3.8, 4) is 0 Å². The highest BCUT2D eigenvalue weighted by Crippen LogP contribution is 2.10. The van der Waals surface area contributed by atoms with Crippen molar-refractivity contribution >= 4 is 7.98 Å². The zero-order valence-corrected chi connectivity index (χ0v) is 6.09. The molecule has 0 aromatic carbocycles. The highest BCUT2D eigenvalue weighted by Gasteiger charge is 2.10. The Bertz CT molecular complexity index is 243. The Morgan fingerprint density at radius 2 is 2.60 bits per heavy atom. The highest BCUT2D eigenvalue weighted by molar-refractivity contribution is 6.06. The number of fused-ring (bicyclic) bond motifs is 1. The Morgan fingerprint density at radius 3 is 3.40 bits per heavy atom. The van der Waals surface area contributed by atoms with Gasteiger partial charge in [0.05, 0.1) is 6.20 Å². The Labute approximate surface area is 60.9 Å². The molecule has 1 aromatic heterocycles. The second-order valence-corrected chi connectivity index (χ2v) is 2.67. The third-order valence-electron chi connectivity index (χ3n) is 2.01. The molecule has 0 amide bonds. The van der Waals surface area contributed by atoms with Gasteiger partial charge in [0.25, 0.3) is 0 Å². The molecule has 0 radical (unpaired) electrons. The summed E-state index contributed by atoms with van der Waals surface area (Å²) in [5.41, 5.74) is 2.74. The molecular formula is C6H10BN3. The summed E-state index contributed by atoms with van der Waals surface area (Å²) in [6.07, 6.45) is 3.10. The van der Waals surface area contributed by atoms with E-state index >= 15 is 0 Å². The van der Waals surface area contributed by atoms with E-state index in [2.05, 4.69) is 10.4 Å². The largest absolute Gasteiger partial charge is 0.322 e. The molecule has 3 nitrogen and oxygen atoms in total. The first-order chi connectivity index (χ1) is 4.88. The maximum Gasteiger partial charge on any atom is 0.249 e. The molecular weight excluding hydrogens is 125 g/mol. The van der Waals surface area contributed by atoms with Gasteiger partial charge in [-0.05, 0) is 18.5 Å². The van der Waals surface area contributed by atoms with Crippen LogP contribution in [0.25, 0.3) is 0 Å². The molecule has 0 unspecified atom stereocenters. The number of rotatable bonds is 0. The van der Waals surface area contributed by atoms with Crippen molar-refractivity contribution in [1.82, 2.24) is 15.0 Å². The fraction of sp³-hybridized carbons (Fsp3) is 0.500. The number of aromatic nitrogens is 2. The standard InChI is InChI=1S/C6H10BN3/c7-10-6-4-8-2-1-5(6)3-9-10/h3,8H,1-2,4,7H2. The molecule has 2 rings (SSSR count). The maximum absolute atomic E-state index is 4.17. The minimum absolute atomic E-state index is 0.978. The number of hydrogen-bond acceptors (Lipinski definition) is 2. The number of hydrogen-bond donors (Lipinski definition) is 1. The second-order valence-electron chi connectivity index (χ2n) is 2.67. The number of nitrogens with one attached hydrogen (secondary N) is 1. The summed E-state index contributed by atoms with van der Waals surface area (Å²) in [7, 11) is 1.99. The van der Waals surface area contributed by atoms with Crippen LogP contribution >= 0.6 is 0 Å². The van der Waals surface area contributed by atoms with Crippen LogP contribution in [-0.2, 0) is 13.0 Å². The lowest BCUT2D eigenvalue weighted by molar-refractivity contribution is 0.625. The Morgan fingerprint density at radius 1 is 1.70 bits per heavy atom. The molecule has 0 spiro atoms. The quantitative estimate of drug-likeness (QED) is 0.459. The average Bonchev–Trinajstić information content (AvgIpc) is 2.34. The van der Waals surface area contributed by atoms with Crippen LogP contribution in [0.1, 0.15) is 11.3 Å². The van der Waals surface area contributed by atoms with E-state index in [0.717, 1.165) is 19.5 Å². The minimum atomic E-state index is 0.978. The molecule has 0 aliphatic carbocycles. The predicted molar refractivity (Wildman–Crippen MR) is 41.6 cm³/mol. The smallest absolute Gasteiger partial charge is 0.249 e. The first-order valence-electron chi connectivity index (χ1n) is 3.58. The zero-order chi connectivity index (χ0) is 6.97. The molecule has 2 heterocycles. The normalized spacial score (nSPS) is 16.8. The van der Waals surface area contributed by atoms with Gasteiger partial charge in [0.2, 0.25) is 7.98 Å². The van der Waals surface area contributed by atoms with Crippen molar-refractivity contribution in [3.63, 3.8) is 0 Å². The van der Waals surface area contributed by atoms with Gasteiger partial charge in [-0.3, -0.25) is 0 Å². The lowest BCUT2D eigenvalue weighted by Crippen LogP contribution is -2.24. The third kappa shape index (κ3) is 0.760. The van der Waals surface area contributed by atoms with Gasteiger partial charge in [-0.25, -0.2) is 0 Å². The average molecular weight is 135 g/mol. The third-order valence-corrected chi connectivity index (χ3v) is 2.01. The predicted octanol–water partition coefficient (Wildman–Crippen LogP) is -1.08. The van der Waals surface area contributed by atoms with E-state index in [4.69, 9.17) is 0 Å². The summed E-state index contributed by atoms with van der Waals surface area (Å²) in [4.78, 5) is 0. The lowest BCUT2D eigenvalue weighted by atomic mass is 10.1. The Kier molecular flexibility index (Phi) is 1.27. The van der Waals surface area contributed by atoms with E-state index in [0.29, 0.717) is 0 Å². The van der Waals surface area contributed by atoms with Crippen LogP contribution in [0.5, 0.6) is 0 Å². The SMILES string of the molecule is Bn1ncc2c1CNCC2. The van der Waals surface area contributed by atoms with Crippen molar-refractivity contribution in [2.24, 2.45) is 0 Å². The van der Waals surface area contributed by atoms with E-state index in [1.807, 2.05) is 18.8 Å². The van der Waals surface area contributed by atoms with Crippen LogP contribution in [0.2, 0.25) is 0 Å². The zero-order valence-electron chi connectivity index (χ0n) is 6.09. The van der Waals surface area contributed by atoms with Gasteiger partial charge in [-0.2, -0.15) is 5.10 Å². The van der Waals surface area contributed by atoms with Gasteiger partial charge < -0.3 is 9.91 Å². The molecule has 1 aliphatic heterocycles. The fourth-order valence-corrected chi connectivity index (χ4v) is 1.37. The van der Waals surface area contributed by atoms with Crippen molar-refractivity contribution in [1.29, 1.82) is 0 Å². The molecule has 0 atom stereocenters. The van der Waals surface area contributed by atoms with Crippen molar-refractivity contribution in [2.45, 2.75) is 13.0 Å². The van der Waals surface area contributed by atoms with Gasteiger partial charge in [0, 0.05) is 12.2 Å². The second kappa shape index (κ2) is 2.13. The summed E-state index contributed by atoms with van der Waals surface area (Å²) in [6.45, 7) is 2.07. The molecule has 0 saturated carbocycles. The Balaban J connectivity index is 2.45. The monoisotopic (exact) mass is 135 g/mol. The molecule has 1 aliphatic rings. The fourth-order valence-electron chi connectivity index (χ4n) is 1.37. The van der Waals surface area contributed by atoms with E-state index < -0.39 is 0 Å². The van der Waals surface area contributed by atoms with Gasteiger partial charge >= 0.3 is 0 Å². The van der Waals surface area contributed by atoms with Gasteiger partial charge in [-0.15, -0.1) is 0 Å². The number of nitrogens with zero attached hydrogens (tertiary/aromatic N) is 2. The van der Waals surface area contributed by atoms with Gasteiger partial charge in [-0.1, -0.05) is 0 Å². The minimum Gasteiger partial charge on any atom is -0.322 e. The van der Waals surface area contributed by atoms with Crippen LogP contribution in [0.4, 0.5) is 0 Å². The molecule has 10 heavy (non-hydrogen) atoms. The van der Waals surface area contributed by atoms with Crippen LogP contribution in [-0.4, -0.2) is 24.2 Å². The van der Waals surface area contributed by atoms with Crippen LogP contribution in [0, 0.1) is 0 Å². The van der Waals surface area contributed by atoms with Crippen LogP contribution < -0.4 is 5.32 Å². The maximum atomic E-state index is 4.17. The van der Waals surface area contributed by atoms with Gasteiger partial charge in [0.1, 0.15) is 0 Å². The van der Waals surface area contributed by atoms with Crippen LogP contribution in [0.3, 0.4) is 0 Å². The molecule has 1 aromatic rings. The summed E-state index contributed by atoms with van der Waals surface area (Å²) >= 11 is 0.